The Morgan fingerprint density at radius 1 is 1.18 bits per heavy atom. The molecule has 1 saturated heterocycles. The van der Waals surface area contributed by atoms with Gasteiger partial charge in [-0.25, -0.2) is 8.78 Å². The van der Waals surface area contributed by atoms with Crippen molar-refractivity contribution in [2.24, 2.45) is 0 Å². The zero-order valence-electron chi connectivity index (χ0n) is 10.6. The summed E-state index contributed by atoms with van der Waals surface area (Å²) in [6, 6.07) is 0. The molecular weight excluding hydrogens is 227 g/mol. The summed E-state index contributed by atoms with van der Waals surface area (Å²) in [7, 11) is -0.947. The Balaban J connectivity index is 2.24. The monoisotopic (exact) mass is 245 g/mol. The van der Waals surface area contributed by atoms with E-state index < -0.39 is 24.2 Å². The standard InChI is InChI=1S/C11H18BF2NO2/c1-9(2)10(3,4)17-12(16-9)8-5-6-15-7-11(8,13)14/h5,15H,6-7H2,1-4H3. The van der Waals surface area contributed by atoms with E-state index in [-0.39, 0.29) is 12.0 Å². The Morgan fingerprint density at radius 3 is 2.18 bits per heavy atom. The van der Waals surface area contributed by atoms with E-state index in [0.717, 1.165) is 0 Å². The molecule has 96 valence electrons. The van der Waals surface area contributed by atoms with Crippen LogP contribution in [0.3, 0.4) is 0 Å². The van der Waals surface area contributed by atoms with Gasteiger partial charge in [0, 0.05) is 12.0 Å². The van der Waals surface area contributed by atoms with E-state index in [1.807, 2.05) is 27.7 Å². The van der Waals surface area contributed by atoms with Gasteiger partial charge in [-0.05, 0) is 27.7 Å². The number of halogens is 2. The number of hydrogen-bond donors (Lipinski definition) is 1. The Morgan fingerprint density at radius 2 is 1.71 bits per heavy atom. The molecule has 0 aromatic rings. The van der Waals surface area contributed by atoms with Crippen molar-refractivity contribution in [1.82, 2.24) is 5.32 Å². The molecule has 0 bridgehead atoms. The van der Waals surface area contributed by atoms with Crippen molar-refractivity contribution in [1.29, 1.82) is 0 Å². The van der Waals surface area contributed by atoms with Crippen molar-refractivity contribution in [2.75, 3.05) is 13.1 Å². The summed E-state index contributed by atoms with van der Waals surface area (Å²) in [4.78, 5) is 0. The number of nitrogens with one attached hydrogen (secondary N) is 1. The fraction of sp³-hybridized carbons (Fsp3) is 0.818. The zero-order chi connectivity index (χ0) is 12.9. The van der Waals surface area contributed by atoms with Crippen molar-refractivity contribution in [3.05, 3.63) is 11.5 Å². The first-order valence-electron chi connectivity index (χ1n) is 5.80. The summed E-state index contributed by atoms with van der Waals surface area (Å²) in [5.41, 5.74) is -1.23. The van der Waals surface area contributed by atoms with Crippen LogP contribution in [0.2, 0.25) is 0 Å². The first-order chi connectivity index (χ1) is 7.66. The van der Waals surface area contributed by atoms with Crippen LogP contribution in [-0.4, -0.2) is 37.3 Å². The second-order valence-corrected chi connectivity index (χ2v) is 5.58. The fourth-order valence-electron chi connectivity index (χ4n) is 1.90. The van der Waals surface area contributed by atoms with Gasteiger partial charge in [0.25, 0.3) is 5.92 Å². The summed E-state index contributed by atoms with van der Waals surface area (Å²) in [6.07, 6.45) is 1.46. The van der Waals surface area contributed by atoms with Crippen LogP contribution in [0.4, 0.5) is 8.78 Å². The highest BCUT2D eigenvalue weighted by Crippen LogP contribution is 2.41. The highest BCUT2D eigenvalue weighted by Gasteiger charge is 2.56. The largest absolute Gasteiger partial charge is 0.496 e. The maximum Gasteiger partial charge on any atom is 0.496 e. The molecule has 2 heterocycles. The molecule has 0 aliphatic carbocycles. The summed E-state index contributed by atoms with van der Waals surface area (Å²) in [5, 5.41) is 2.63. The molecule has 17 heavy (non-hydrogen) atoms. The molecule has 1 fully saturated rings. The maximum atomic E-state index is 13.7. The molecule has 3 nitrogen and oxygen atoms in total. The summed E-state index contributed by atoms with van der Waals surface area (Å²) in [6.45, 7) is 7.48. The van der Waals surface area contributed by atoms with Crippen LogP contribution >= 0.6 is 0 Å². The third kappa shape index (κ3) is 2.14. The maximum absolute atomic E-state index is 13.7. The third-order valence-corrected chi connectivity index (χ3v) is 3.74. The van der Waals surface area contributed by atoms with Crippen LogP contribution in [0.1, 0.15) is 27.7 Å². The highest BCUT2D eigenvalue weighted by atomic mass is 19.3. The van der Waals surface area contributed by atoms with Crippen molar-refractivity contribution in [3.8, 4) is 0 Å². The molecule has 0 spiro atoms. The Bertz CT molecular complexity index is 339. The molecule has 2 rings (SSSR count). The van der Waals surface area contributed by atoms with Crippen molar-refractivity contribution >= 4 is 7.12 Å². The van der Waals surface area contributed by atoms with Gasteiger partial charge in [0.15, 0.2) is 0 Å². The van der Waals surface area contributed by atoms with Gasteiger partial charge < -0.3 is 14.6 Å². The van der Waals surface area contributed by atoms with Crippen molar-refractivity contribution in [3.63, 3.8) is 0 Å². The van der Waals surface area contributed by atoms with Gasteiger partial charge in [0.1, 0.15) is 0 Å². The lowest BCUT2D eigenvalue weighted by atomic mass is 9.73. The van der Waals surface area contributed by atoms with Gasteiger partial charge in [0.2, 0.25) is 0 Å². The van der Waals surface area contributed by atoms with Crippen LogP contribution < -0.4 is 5.32 Å². The first kappa shape index (κ1) is 13.0. The highest BCUT2D eigenvalue weighted by molar-refractivity contribution is 6.55. The van der Waals surface area contributed by atoms with Gasteiger partial charge in [-0.2, -0.15) is 0 Å². The average molecular weight is 245 g/mol. The number of alkyl halides is 2. The van der Waals surface area contributed by atoms with E-state index in [2.05, 4.69) is 5.32 Å². The number of hydrogen-bond acceptors (Lipinski definition) is 3. The fourth-order valence-corrected chi connectivity index (χ4v) is 1.90. The van der Waals surface area contributed by atoms with Gasteiger partial charge in [-0.3, -0.25) is 0 Å². The molecular formula is C11H18BF2NO2. The van der Waals surface area contributed by atoms with E-state index in [9.17, 15) is 8.78 Å². The third-order valence-electron chi connectivity index (χ3n) is 3.74. The van der Waals surface area contributed by atoms with Gasteiger partial charge in [-0.1, -0.05) is 6.08 Å². The smallest absolute Gasteiger partial charge is 0.399 e. The molecule has 0 radical (unpaired) electrons. The second kappa shape index (κ2) is 3.77. The van der Waals surface area contributed by atoms with Crippen LogP contribution in [-0.2, 0) is 9.31 Å². The van der Waals surface area contributed by atoms with E-state index >= 15 is 0 Å². The zero-order valence-corrected chi connectivity index (χ0v) is 10.6. The topological polar surface area (TPSA) is 30.5 Å². The van der Waals surface area contributed by atoms with Crippen LogP contribution in [0.5, 0.6) is 0 Å². The molecule has 0 amide bonds. The summed E-state index contributed by atoms with van der Waals surface area (Å²) < 4.78 is 38.7. The predicted molar refractivity (Wildman–Crippen MR) is 62.0 cm³/mol. The van der Waals surface area contributed by atoms with Crippen molar-refractivity contribution < 1.29 is 18.1 Å². The average Bonchev–Trinajstić information content (AvgIpc) is 2.34. The normalized spacial score (nSPS) is 30.2. The first-order valence-corrected chi connectivity index (χ1v) is 5.80. The van der Waals surface area contributed by atoms with Crippen LogP contribution in [0.25, 0.3) is 0 Å². The molecule has 2 aliphatic rings. The molecule has 6 heteroatoms. The predicted octanol–water partition coefficient (Wildman–Crippen LogP) is 1.78. The lowest BCUT2D eigenvalue weighted by Crippen LogP contribution is -2.45. The Kier molecular flexibility index (Phi) is 2.88. The van der Waals surface area contributed by atoms with Gasteiger partial charge in [0.05, 0.1) is 17.7 Å². The lowest BCUT2D eigenvalue weighted by Gasteiger charge is -2.32. The molecule has 1 N–H and O–H groups in total. The Labute approximate surface area is 101 Å². The van der Waals surface area contributed by atoms with Crippen LogP contribution in [0, 0.1) is 0 Å². The number of rotatable bonds is 1. The molecule has 2 aliphatic heterocycles. The van der Waals surface area contributed by atoms with E-state index in [1.54, 1.807) is 0 Å². The summed E-state index contributed by atoms with van der Waals surface area (Å²) in [5.74, 6) is -2.90. The minimum Gasteiger partial charge on any atom is -0.399 e. The van der Waals surface area contributed by atoms with Crippen molar-refractivity contribution in [2.45, 2.75) is 44.8 Å². The van der Waals surface area contributed by atoms with E-state index in [1.165, 1.54) is 6.08 Å². The minimum absolute atomic E-state index is 0.0603. The molecule has 0 aromatic carbocycles. The lowest BCUT2D eigenvalue weighted by molar-refractivity contribution is 0.00578. The molecule has 0 saturated carbocycles. The van der Waals surface area contributed by atoms with Gasteiger partial charge in [-0.15, -0.1) is 0 Å². The van der Waals surface area contributed by atoms with Crippen LogP contribution in [0.15, 0.2) is 11.5 Å². The quantitative estimate of drug-likeness (QED) is 0.714. The van der Waals surface area contributed by atoms with E-state index in [4.69, 9.17) is 9.31 Å². The molecule has 0 aromatic heterocycles. The minimum atomic E-state index is -2.90. The summed E-state index contributed by atoms with van der Waals surface area (Å²) >= 11 is 0. The SMILES string of the molecule is CC1(C)OB(C2=CCNCC2(F)F)OC1(C)C. The van der Waals surface area contributed by atoms with Gasteiger partial charge >= 0.3 is 7.12 Å². The van der Waals surface area contributed by atoms with E-state index in [0.29, 0.717) is 6.54 Å². The molecule has 0 atom stereocenters. The molecule has 0 unspecified atom stereocenters. The Hall–Kier alpha value is -0.455. The second-order valence-electron chi connectivity index (χ2n) is 5.58.